The third-order valence-corrected chi connectivity index (χ3v) is 6.25. The number of methoxy groups -OCH3 is 1. The molecule has 1 aliphatic heterocycles. The van der Waals surface area contributed by atoms with E-state index in [2.05, 4.69) is 10.3 Å². The molecule has 180 valence electrons. The number of hydrogen-bond donors (Lipinski definition) is 1. The Kier molecular flexibility index (Phi) is 5.81. The van der Waals surface area contributed by atoms with Gasteiger partial charge in [-0.05, 0) is 23.8 Å². The van der Waals surface area contributed by atoms with Crippen LogP contribution in [0.2, 0.25) is 5.02 Å². The van der Waals surface area contributed by atoms with E-state index in [1.54, 1.807) is 37.4 Å². The minimum atomic E-state index is -0.427. The molecule has 0 atom stereocenters. The van der Waals surface area contributed by atoms with Crippen molar-refractivity contribution in [3.63, 3.8) is 0 Å². The molecule has 10 nitrogen and oxygen atoms in total. The van der Waals surface area contributed by atoms with Crippen molar-refractivity contribution < 1.29 is 4.74 Å². The van der Waals surface area contributed by atoms with Gasteiger partial charge < -0.3 is 10.1 Å². The number of nitrogens with one attached hydrogen (secondary N) is 1. The second kappa shape index (κ2) is 8.95. The van der Waals surface area contributed by atoms with E-state index in [0.29, 0.717) is 47.5 Å². The number of benzene rings is 2. The minimum absolute atomic E-state index is 0.326. The molecule has 1 aliphatic rings. The molecule has 0 aliphatic carbocycles. The number of imidazole rings is 1. The quantitative estimate of drug-likeness (QED) is 0.443. The Labute approximate surface area is 205 Å². The van der Waals surface area contributed by atoms with Gasteiger partial charge in [0.1, 0.15) is 5.75 Å². The Bertz CT molecular complexity index is 1570. The molecule has 2 aromatic heterocycles. The van der Waals surface area contributed by atoms with E-state index in [9.17, 15) is 9.59 Å². The van der Waals surface area contributed by atoms with Crippen LogP contribution < -0.4 is 26.3 Å². The summed E-state index contributed by atoms with van der Waals surface area (Å²) >= 11 is 6.16. The van der Waals surface area contributed by atoms with Crippen molar-refractivity contribution in [3.05, 3.63) is 80.0 Å². The van der Waals surface area contributed by atoms with Gasteiger partial charge in [-0.1, -0.05) is 41.9 Å². The standard InChI is InChI=1S/C24H24ClN7O3/c1-29-21-20(22(33)30(2)24(29)34)31-14-18(15-7-5-4-6-8-15)28-32(23(31)27-21)12-11-26-17-13-16(25)9-10-19(17)35-3/h4-10,13,26H,11-12,14H2,1-3H3. The molecule has 0 saturated carbocycles. The Morgan fingerprint density at radius 3 is 2.60 bits per heavy atom. The molecule has 5 rings (SSSR count). The maximum atomic E-state index is 13.1. The summed E-state index contributed by atoms with van der Waals surface area (Å²) in [5.41, 5.74) is 2.36. The highest BCUT2D eigenvalue weighted by Crippen LogP contribution is 2.28. The molecule has 0 amide bonds. The normalized spacial score (nSPS) is 13.0. The predicted molar refractivity (Wildman–Crippen MR) is 137 cm³/mol. The van der Waals surface area contributed by atoms with Gasteiger partial charge in [-0.2, -0.15) is 10.1 Å². The lowest BCUT2D eigenvalue weighted by atomic mass is 10.1. The van der Waals surface area contributed by atoms with Gasteiger partial charge in [-0.25, -0.2) is 9.80 Å². The van der Waals surface area contributed by atoms with E-state index in [1.165, 1.54) is 11.6 Å². The highest BCUT2D eigenvalue weighted by molar-refractivity contribution is 6.30. The molecular formula is C24H24ClN7O3. The summed E-state index contributed by atoms with van der Waals surface area (Å²) in [6.07, 6.45) is 0. The van der Waals surface area contributed by atoms with Gasteiger partial charge in [-0.15, -0.1) is 0 Å². The van der Waals surface area contributed by atoms with Crippen molar-refractivity contribution >= 4 is 40.1 Å². The average molecular weight is 494 g/mol. The summed E-state index contributed by atoms with van der Waals surface area (Å²) < 4.78 is 9.73. The zero-order valence-corrected chi connectivity index (χ0v) is 20.3. The fourth-order valence-electron chi connectivity index (χ4n) is 4.20. The maximum Gasteiger partial charge on any atom is 0.332 e. The van der Waals surface area contributed by atoms with Crippen LogP contribution in [0.5, 0.6) is 5.75 Å². The van der Waals surface area contributed by atoms with Crippen LogP contribution in [0.4, 0.5) is 11.6 Å². The van der Waals surface area contributed by atoms with E-state index in [1.807, 2.05) is 34.9 Å². The van der Waals surface area contributed by atoms with E-state index in [4.69, 9.17) is 21.4 Å². The van der Waals surface area contributed by atoms with Crippen LogP contribution in [0.25, 0.3) is 11.2 Å². The second-order valence-electron chi connectivity index (χ2n) is 8.18. The fraction of sp³-hybridized carbons (Fsp3) is 0.250. The number of ether oxygens (including phenoxy) is 1. The largest absolute Gasteiger partial charge is 0.495 e. The molecule has 0 fully saturated rings. The van der Waals surface area contributed by atoms with Crippen molar-refractivity contribution in [3.8, 4) is 5.75 Å². The molecule has 11 heteroatoms. The number of hydrogen-bond acceptors (Lipinski definition) is 7. The summed E-state index contributed by atoms with van der Waals surface area (Å²) in [6.45, 7) is 1.28. The molecule has 0 bridgehead atoms. The Hall–Kier alpha value is -4.05. The number of nitrogens with zero attached hydrogens (tertiary/aromatic N) is 6. The van der Waals surface area contributed by atoms with Crippen LogP contribution >= 0.6 is 11.6 Å². The monoisotopic (exact) mass is 493 g/mol. The van der Waals surface area contributed by atoms with Crippen LogP contribution in [-0.2, 0) is 20.6 Å². The van der Waals surface area contributed by atoms with Crippen LogP contribution in [0.3, 0.4) is 0 Å². The van der Waals surface area contributed by atoms with Gasteiger partial charge in [0.15, 0.2) is 11.2 Å². The number of hydrazone groups is 1. The third kappa shape index (κ3) is 3.95. The first-order chi connectivity index (χ1) is 16.9. The van der Waals surface area contributed by atoms with Crippen molar-refractivity contribution in [2.24, 2.45) is 19.2 Å². The molecule has 1 N–H and O–H groups in total. The highest BCUT2D eigenvalue weighted by Gasteiger charge is 2.27. The molecule has 4 aromatic rings. The van der Waals surface area contributed by atoms with Crippen LogP contribution in [-0.4, -0.2) is 44.6 Å². The average Bonchev–Trinajstić information content (AvgIpc) is 3.27. The van der Waals surface area contributed by atoms with Gasteiger partial charge in [0.05, 0.1) is 31.6 Å². The van der Waals surface area contributed by atoms with E-state index in [0.717, 1.165) is 21.5 Å². The highest BCUT2D eigenvalue weighted by atomic mass is 35.5. The fourth-order valence-corrected chi connectivity index (χ4v) is 4.37. The zero-order chi connectivity index (χ0) is 24.7. The first-order valence-electron chi connectivity index (χ1n) is 11.0. The number of aromatic nitrogens is 4. The number of halogens is 1. The van der Waals surface area contributed by atoms with Gasteiger partial charge in [0.2, 0.25) is 5.95 Å². The maximum absolute atomic E-state index is 13.1. The van der Waals surface area contributed by atoms with Crippen molar-refractivity contribution in [2.75, 3.05) is 30.5 Å². The van der Waals surface area contributed by atoms with E-state index >= 15 is 0 Å². The molecular weight excluding hydrogens is 470 g/mol. The molecule has 0 spiro atoms. The van der Waals surface area contributed by atoms with Crippen LogP contribution in [0.1, 0.15) is 5.56 Å². The number of rotatable bonds is 6. The molecule has 0 radical (unpaired) electrons. The lowest BCUT2D eigenvalue weighted by molar-refractivity contribution is 0.416. The molecule has 3 heterocycles. The molecule has 0 unspecified atom stereocenters. The Morgan fingerprint density at radius 1 is 1.09 bits per heavy atom. The first kappa shape index (κ1) is 22.7. The lowest BCUT2D eigenvalue weighted by Crippen LogP contribution is -2.38. The van der Waals surface area contributed by atoms with Gasteiger partial charge in [-0.3, -0.25) is 18.5 Å². The predicted octanol–water partition coefficient (Wildman–Crippen LogP) is 2.43. The molecule has 35 heavy (non-hydrogen) atoms. The smallest absolute Gasteiger partial charge is 0.332 e. The number of fused-ring (bicyclic) bond motifs is 3. The Morgan fingerprint density at radius 2 is 1.86 bits per heavy atom. The van der Waals surface area contributed by atoms with Gasteiger partial charge >= 0.3 is 5.69 Å². The summed E-state index contributed by atoms with van der Waals surface area (Å²) in [5.74, 6) is 1.17. The Balaban J connectivity index is 1.56. The number of anilines is 2. The second-order valence-corrected chi connectivity index (χ2v) is 8.62. The summed E-state index contributed by atoms with van der Waals surface area (Å²) in [5, 5.41) is 10.5. The first-order valence-corrected chi connectivity index (χ1v) is 11.4. The third-order valence-electron chi connectivity index (χ3n) is 6.02. The van der Waals surface area contributed by atoms with Crippen LogP contribution in [0.15, 0.2) is 63.2 Å². The van der Waals surface area contributed by atoms with Crippen molar-refractivity contribution in [1.29, 1.82) is 0 Å². The van der Waals surface area contributed by atoms with E-state index < -0.39 is 11.2 Å². The topological polar surface area (TPSA) is 98.7 Å². The molecule has 0 saturated heterocycles. The minimum Gasteiger partial charge on any atom is -0.495 e. The summed E-state index contributed by atoms with van der Waals surface area (Å²) in [6, 6.07) is 15.1. The van der Waals surface area contributed by atoms with Crippen LogP contribution in [0, 0.1) is 0 Å². The SMILES string of the molecule is COc1ccc(Cl)cc1NCCN1N=C(c2ccccc2)Cn2c1nc1c2c(=O)n(C)c(=O)n1C. The lowest BCUT2D eigenvalue weighted by Gasteiger charge is -2.26. The molecule has 2 aromatic carbocycles. The zero-order valence-electron chi connectivity index (χ0n) is 19.5. The van der Waals surface area contributed by atoms with Crippen molar-refractivity contribution in [1.82, 2.24) is 18.7 Å². The summed E-state index contributed by atoms with van der Waals surface area (Å²) in [7, 11) is 4.68. The van der Waals surface area contributed by atoms with Gasteiger partial charge in [0, 0.05) is 25.7 Å². The van der Waals surface area contributed by atoms with E-state index in [-0.39, 0.29) is 0 Å². The summed E-state index contributed by atoms with van der Waals surface area (Å²) in [4.78, 5) is 30.2. The van der Waals surface area contributed by atoms with Crippen molar-refractivity contribution in [2.45, 2.75) is 6.54 Å². The number of aryl methyl sites for hydroxylation is 1. The van der Waals surface area contributed by atoms with Gasteiger partial charge in [0.25, 0.3) is 5.56 Å².